The number of hydrogen-bond acceptors (Lipinski definition) is 3. The average molecular weight is 323 g/mol. The molecule has 0 aromatic heterocycles. The van der Waals surface area contributed by atoms with E-state index in [1.807, 2.05) is 19.1 Å². The number of hydrogen-bond donors (Lipinski definition) is 1. The Hall–Kier alpha value is -2.62. The lowest BCUT2D eigenvalue weighted by Crippen LogP contribution is -2.15. The highest BCUT2D eigenvalue weighted by Gasteiger charge is 2.15. The highest BCUT2D eigenvalue weighted by atomic mass is 16.5. The van der Waals surface area contributed by atoms with Crippen LogP contribution in [-0.4, -0.2) is 19.0 Å². The molecule has 0 saturated carbocycles. The minimum Gasteiger partial charge on any atom is -0.465 e. The second-order valence-electron chi connectivity index (χ2n) is 6.17. The summed E-state index contributed by atoms with van der Waals surface area (Å²) in [5, 5.41) is 2.91. The van der Waals surface area contributed by atoms with E-state index in [9.17, 15) is 9.59 Å². The number of benzene rings is 2. The monoisotopic (exact) mass is 323 g/mol. The van der Waals surface area contributed by atoms with Gasteiger partial charge in [-0.3, -0.25) is 4.79 Å². The van der Waals surface area contributed by atoms with Crippen LogP contribution in [-0.2, 0) is 17.6 Å². The Labute approximate surface area is 141 Å². The number of anilines is 1. The number of esters is 1. The molecule has 2 aromatic carbocycles. The van der Waals surface area contributed by atoms with Crippen LogP contribution in [0.4, 0.5) is 5.69 Å². The average Bonchev–Trinajstić information content (AvgIpc) is 2.62. The van der Waals surface area contributed by atoms with Gasteiger partial charge in [0.15, 0.2) is 0 Å². The maximum Gasteiger partial charge on any atom is 0.337 e. The number of fused-ring (bicyclic) bond motifs is 1. The molecule has 124 valence electrons. The van der Waals surface area contributed by atoms with Gasteiger partial charge in [0.1, 0.15) is 0 Å². The van der Waals surface area contributed by atoms with Gasteiger partial charge in [-0.1, -0.05) is 12.1 Å². The van der Waals surface area contributed by atoms with Crippen LogP contribution in [0.2, 0.25) is 0 Å². The molecule has 0 aliphatic heterocycles. The second kappa shape index (κ2) is 6.87. The zero-order valence-electron chi connectivity index (χ0n) is 14.0. The fourth-order valence-corrected chi connectivity index (χ4v) is 3.07. The summed E-state index contributed by atoms with van der Waals surface area (Å²) in [4.78, 5) is 24.2. The third-order valence-electron chi connectivity index (χ3n) is 4.52. The first kappa shape index (κ1) is 16.2. The third kappa shape index (κ3) is 3.32. The Morgan fingerprint density at radius 2 is 1.67 bits per heavy atom. The van der Waals surface area contributed by atoms with Crippen LogP contribution in [0.15, 0.2) is 36.4 Å². The van der Waals surface area contributed by atoms with Crippen molar-refractivity contribution >= 4 is 17.6 Å². The van der Waals surface area contributed by atoms with Crippen molar-refractivity contribution in [2.24, 2.45) is 0 Å². The zero-order chi connectivity index (χ0) is 17.1. The number of aryl methyl sites for hydroxylation is 3. The van der Waals surface area contributed by atoms with Crippen molar-refractivity contribution in [1.29, 1.82) is 0 Å². The highest BCUT2D eigenvalue weighted by molar-refractivity contribution is 6.05. The lowest BCUT2D eigenvalue weighted by Gasteiger charge is -2.16. The van der Waals surface area contributed by atoms with Gasteiger partial charge in [0.05, 0.1) is 12.7 Å². The fraction of sp³-hybridized carbons (Fsp3) is 0.300. The molecule has 1 amide bonds. The Kier molecular flexibility index (Phi) is 4.65. The van der Waals surface area contributed by atoms with Crippen LogP contribution < -0.4 is 5.32 Å². The SMILES string of the molecule is COC(=O)c1ccc(C)c(NC(=O)c2ccc3c(c2)CCCC3)c1. The molecule has 0 radical (unpaired) electrons. The van der Waals surface area contributed by atoms with Gasteiger partial charge >= 0.3 is 5.97 Å². The van der Waals surface area contributed by atoms with Crippen LogP contribution >= 0.6 is 0 Å². The zero-order valence-corrected chi connectivity index (χ0v) is 14.0. The van der Waals surface area contributed by atoms with Crippen molar-refractivity contribution in [1.82, 2.24) is 0 Å². The number of nitrogens with one attached hydrogen (secondary N) is 1. The summed E-state index contributed by atoms with van der Waals surface area (Å²) in [7, 11) is 1.34. The molecular weight excluding hydrogens is 302 g/mol. The molecule has 1 N–H and O–H groups in total. The molecule has 3 rings (SSSR count). The summed E-state index contributed by atoms with van der Waals surface area (Å²) >= 11 is 0. The predicted octanol–water partition coefficient (Wildman–Crippen LogP) is 3.91. The van der Waals surface area contributed by atoms with E-state index in [1.165, 1.54) is 31.1 Å². The van der Waals surface area contributed by atoms with Gasteiger partial charge in [0.2, 0.25) is 0 Å². The van der Waals surface area contributed by atoms with Crippen LogP contribution in [0, 0.1) is 6.92 Å². The van der Waals surface area contributed by atoms with Crippen LogP contribution in [0.25, 0.3) is 0 Å². The number of carbonyl (C=O) groups is 2. The number of ether oxygens (including phenoxy) is 1. The molecular formula is C20H21NO3. The summed E-state index contributed by atoms with van der Waals surface area (Å²) in [6.07, 6.45) is 4.53. The van der Waals surface area contributed by atoms with E-state index in [1.54, 1.807) is 18.2 Å². The maximum absolute atomic E-state index is 12.6. The molecule has 2 aromatic rings. The van der Waals surface area contributed by atoms with E-state index in [4.69, 9.17) is 4.74 Å². The third-order valence-corrected chi connectivity index (χ3v) is 4.52. The van der Waals surface area contributed by atoms with Gasteiger partial charge in [-0.2, -0.15) is 0 Å². The van der Waals surface area contributed by atoms with Crippen LogP contribution in [0.3, 0.4) is 0 Å². The molecule has 0 bridgehead atoms. The van der Waals surface area contributed by atoms with Gasteiger partial charge in [-0.15, -0.1) is 0 Å². The lowest BCUT2D eigenvalue weighted by molar-refractivity contribution is 0.0600. The standard InChI is InChI=1S/C20H21NO3/c1-13-7-8-17(20(23)24-2)12-18(13)21-19(22)16-10-9-14-5-3-4-6-15(14)11-16/h7-12H,3-6H2,1-2H3,(H,21,22). The van der Waals surface area contributed by atoms with Gasteiger partial charge in [-0.25, -0.2) is 4.79 Å². The number of carbonyl (C=O) groups excluding carboxylic acids is 2. The highest BCUT2D eigenvalue weighted by Crippen LogP contribution is 2.23. The topological polar surface area (TPSA) is 55.4 Å². The molecule has 0 heterocycles. The quantitative estimate of drug-likeness (QED) is 0.871. The minimum absolute atomic E-state index is 0.159. The molecule has 4 heteroatoms. The van der Waals surface area contributed by atoms with Crippen molar-refractivity contribution in [3.63, 3.8) is 0 Å². The minimum atomic E-state index is -0.417. The summed E-state index contributed by atoms with van der Waals surface area (Å²) in [6, 6.07) is 11.1. The summed E-state index contributed by atoms with van der Waals surface area (Å²) in [6.45, 7) is 1.89. The van der Waals surface area contributed by atoms with Crippen LogP contribution in [0.1, 0.15) is 50.2 Å². The fourth-order valence-electron chi connectivity index (χ4n) is 3.07. The molecule has 1 aliphatic rings. The number of rotatable bonds is 3. The first-order valence-corrected chi connectivity index (χ1v) is 8.20. The van der Waals surface area contributed by atoms with Gasteiger partial charge in [0, 0.05) is 11.3 Å². The molecule has 0 fully saturated rings. The van der Waals surface area contributed by atoms with Crippen molar-refractivity contribution in [2.75, 3.05) is 12.4 Å². The van der Waals surface area contributed by atoms with Crippen molar-refractivity contribution in [3.8, 4) is 0 Å². The van der Waals surface area contributed by atoms with E-state index in [0.29, 0.717) is 16.8 Å². The first-order valence-electron chi connectivity index (χ1n) is 8.20. The summed E-state index contributed by atoms with van der Waals surface area (Å²) < 4.78 is 4.73. The van der Waals surface area contributed by atoms with E-state index in [-0.39, 0.29) is 5.91 Å². The van der Waals surface area contributed by atoms with E-state index in [2.05, 4.69) is 11.4 Å². The van der Waals surface area contributed by atoms with E-state index in [0.717, 1.165) is 18.4 Å². The Morgan fingerprint density at radius 3 is 2.42 bits per heavy atom. The number of methoxy groups -OCH3 is 1. The van der Waals surface area contributed by atoms with Crippen molar-refractivity contribution in [3.05, 3.63) is 64.2 Å². The van der Waals surface area contributed by atoms with Gasteiger partial charge in [0.25, 0.3) is 5.91 Å². The van der Waals surface area contributed by atoms with Gasteiger partial charge in [-0.05, 0) is 73.6 Å². The van der Waals surface area contributed by atoms with E-state index < -0.39 is 5.97 Å². The predicted molar refractivity (Wildman–Crippen MR) is 93.6 cm³/mol. The summed E-state index contributed by atoms with van der Waals surface area (Å²) in [5.74, 6) is -0.576. The molecule has 24 heavy (non-hydrogen) atoms. The smallest absolute Gasteiger partial charge is 0.337 e. The molecule has 0 atom stereocenters. The molecule has 0 saturated heterocycles. The Balaban J connectivity index is 1.83. The molecule has 4 nitrogen and oxygen atoms in total. The maximum atomic E-state index is 12.6. The van der Waals surface area contributed by atoms with Crippen molar-refractivity contribution in [2.45, 2.75) is 32.6 Å². The number of amides is 1. The van der Waals surface area contributed by atoms with E-state index >= 15 is 0 Å². The van der Waals surface area contributed by atoms with Crippen LogP contribution in [0.5, 0.6) is 0 Å². The van der Waals surface area contributed by atoms with Gasteiger partial charge < -0.3 is 10.1 Å². The second-order valence-corrected chi connectivity index (χ2v) is 6.17. The largest absolute Gasteiger partial charge is 0.465 e. The normalized spacial score (nSPS) is 13.1. The first-order chi connectivity index (χ1) is 11.6. The molecule has 0 unspecified atom stereocenters. The Morgan fingerprint density at radius 1 is 0.958 bits per heavy atom. The Bertz CT molecular complexity index is 795. The lowest BCUT2D eigenvalue weighted by atomic mass is 9.90. The molecule has 0 spiro atoms. The summed E-state index contributed by atoms with van der Waals surface area (Å²) in [5.41, 5.74) is 5.22. The molecule has 1 aliphatic carbocycles. The van der Waals surface area contributed by atoms with Crippen molar-refractivity contribution < 1.29 is 14.3 Å².